The van der Waals surface area contributed by atoms with Crippen molar-refractivity contribution in [3.63, 3.8) is 0 Å². The molecule has 0 aromatic carbocycles. The van der Waals surface area contributed by atoms with Crippen LogP contribution in [0.1, 0.15) is 30.7 Å². The summed E-state index contributed by atoms with van der Waals surface area (Å²) in [7, 11) is 2.07. The Morgan fingerprint density at radius 3 is 2.56 bits per heavy atom. The van der Waals surface area contributed by atoms with E-state index in [1.165, 1.54) is 0 Å². The molecule has 0 aliphatic rings. The lowest BCUT2D eigenvalue weighted by Gasteiger charge is -2.21. The zero-order chi connectivity index (χ0) is 13.7. The van der Waals surface area contributed by atoms with E-state index in [4.69, 9.17) is 5.26 Å². The van der Waals surface area contributed by atoms with Crippen molar-refractivity contribution in [3.8, 4) is 6.07 Å². The van der Waals surface area contributed by atoms with E-state index in [1.807, 2.05) is 13.8 Å². The van der Waals surface area contributed by atoms with Crippen molar-refractivity contribution >= 4 is 5.82 Å². The Labute approximate surface area is 109 Å². The molecule has 0 saturated carbocycles. The Morgan fingerprint density at radius 1 is 1.33 bits per heavy atom. The highest BCUT2D eigenvalue weighted by molar-refractivity contribution is 5.55. The number of anilines is 1. The van der Waals surface area contributed by atoms with Gasteiger partial charge in [-0.15, -0.1) is 5.10 Å². The zero-order valence-electron chi connectivity index (χ0n) is 11.8. The number of rotatable bonds is 5. The molecule has 0 aliphatic carbocycles. The minimum atomic E-state index is 0.507. The van der Waals surface area contributed by atoms with Gasteiger partial charge in [0.15, 0.2) is 5.82 Å². The van der Waals surface area contributed by atoms with Crippen LogP contribution in [0, 0.1) is 25.2 Å². The van der Waals surface area contributed by atoms with E-state index >= 15 is 0 Å². The second kappa shape index (κ2) is 6.31. The van der Waals surface area contributed by atoms with Gasteiger partial charge in [-0.05, 0) is 40.3 Å². The third kappa shape index (κ3) is 3.41. The number of nitriles is 1. The number of nitrogens with zero attached hydrogens (tertiary/aromatic N) is 4. The van der Waals surface area contributed by atoms with Gasteiger partial charge in [0.2, 0.25) is 0 Å². The molecule has 1 aromatic heterocycles. The van der Waals surface area contributed by atoms with Crippen molar-refractivity contribution in [1.29, 1.82) is 5.26 Å². The maximum Gasteiger partial charge on any atom is 0.166 e. The highest BCUT2D eigenvalue weighted by Gasteiger charge is 2.10. The Morgan fingerprint density at radius 2 is 2.00 bits per heavy atom. The maximum atomic E-state index is 9.15. The normalized spacial score (nSPS) is 10.8. The molecule has 5 nitrogen and oxygen atoms in total. The zero-order valence-corrected chi connectivity index (χ0v) is 11.8. The van der Waals surface area contributed by atoms with Crippen molar-refractivity contribution in [1.82, 2.24) is 15.1 Å². The van der Waals surface area contributed by atoms with Crippen LogP contribution in [0.5, 0.6) is 0 Å². The molecule has 0 saturated heterocycles. The van der Waals surface area contributed by atoms with Crippen LogP contribution in [-0.2, 0) is 0 Å². The molecule has 0 amide bonds. The molecule has 0 radical (unpaired) electrons. The highest BCUT2D eigenvalue weighted by Crippen LogP contribution is 2.16. The lowest BCUT2D eigenvalue weighted by molar-refractivity contribution is 0.284. The van der Waals surface area contributed by atoms with Crippen molar-refractivity contribution in [2.45, 2.75) is 33.7 Å². The molecule has 5 heteroatoms. The molecule has 18 heavy (non-hydrogen) atoms. The van der Waals surface area contributed by atoms with Gasteiger partial charge >= 0.3 is 0 Å². The van der Waals surface area contributed by atoms with Gasteiger partial charge in [0, 0.05) is 19.1 Å². The maximum absolute atomic E-state index is 9.15. The standard InChI is InChI=1S/C13H21N5/c1-9(2)18(5)7-6-15-13-12(8-14)10(3)11(4)16-17-13/h9H,6-7H2,1-5H3,(H,15,17). The van der Waals surface area contributed by atoms with Gasteiger partial charge in [0.25, 0.3) is 0 Å². The largest absolute Gasteiger partial charge is 0.366 e. The predicted octanol–water partition coefficient (Wildman–Crippen LogP) is 1.72. The number of likely N-dealkylation sites (N-methyl/N-ethyl adjacent to an activating group) is 1. The van der Waals surface area contributed by atoms with E-state index in [0.717, 1.165) is 24.3 Å². The molecule has 1 heterocycles. The Bertz CT molecular complexity index is 447. The molecular formula is C13H21N5. The molecule has 0 spiro atoms. The summed E-state index contributed by atoms with van der Waals surface area (Å²) in [5, 5.41) is 20.4. The van der Waals surface area contributed by atoms with Crippen LogP contribution in [0.25, 0.3) is 0 Å². The molecule has 1 N–H and O–H groups in total. The first-order valence-electron chi connectivity index (χ1n) is 6.15. The third-order valence-electron chi connectivity index (χ3n) is 3.20. The van der Waals surface area contributed by atoms with E-state index in [-0.39, 0.29) is 0 Å². The van der Waals surface area contributed by atoms with E-state index in [1.54, 1.807) is 0 Å². The molecule has 0 aliphatic heterocycles. The van der Waals surface area contributed by atoms with E-state index in [9.17, 15) is 0 Å². The van der Waals surface area contributed by atoms with Crippen LogP contribution in [-0.4, -0.2) is 41.3 Å². The summed E-state index contributed by atoms with van der Waals surface area (Å²) in [4.78, 5) is 2.23. The SMILES string of the molecule is Cc1nnc(NCCN(C)C(C)C)c(C#N)c1C. The van der Waals surface area contributed by atoms with Gasteiger partial charge in [-0.2, -0.15) is 10.4 Å². The number of hydrogen-bond acceptors (Lipinski definition) is 5. The van der Waals surface area contributed by atoms with Gasteiger partial charge in [0.1, 0.15) is 11.6 Å². The van der Waals surface area contributed by atoms with E-state index in [2.05, 4.69) is 47.4 Å². The van der Waals surface area contributed by atoms with Crippen molar-refractivity contribution < 1.29 is 0 Å². The first kappa shape index (κ1) is 14.4. The van der Waals surface area contributed by atoms with E-state index in [0.29, 0.717) is 17.4 Å². The molecule has 0 unspecified atom stereocenters. The van der Waals surface area contributed by atoms with Crippen LogP contribution in [0.3, 0.4) is 0 Å². The summed E-state index contributed by atoms with van der Waals surface area (Å²) in [6.45, 7) is 9.71. The van der Waals surface area contributed by atoms with Gasteiger partial charge in [0.05, 0.1) is 5.69 Å². The Hall–Kier alpha value is -1.67. The van der Waals surface area contributed by atoms with Crippen LogP contribution >= 0.6 is 0 Å². The molecular weight excluding hydrogens is 226 g/mol. The average molecular weight is 247 g/mol. The smallest absolute Gasteiger partial charge is 0.166 e. The number of aromatic nitrogens is 2. The molecule has 1 aromatic rings. The van der Waals surface area contributed by atoms with Crippen LogP contribution in [0.15, 0.2) is 0 Å². The lowest BCUT2D eigenvalue weighted by atomic mass is 10.1. The van der Waals surface area contributed by atoms with Gasteiger partial charge in [-0.25, -0.2) is 0 Å². The van der Waals surface area contributed by atoms with Crippen molar-refractivity contribution in [3.05, 3.63) is 16.8 Å². The second-order valence-corrected chi connectivity index (χ2v) is 4.75. The second-order valence-electron chi connectivity index (χ2n) is 4.75. The predicted molar refractivity (Wildman–Crippen MR) is 72.5 cm³/mol. The molecule has 1 rings (SSSR count). The molecule has 0 bridgehead atoms. The summed E-state index contributed by atoms with van der Waals surface area (Å²) < 4.78 is 0. The minimum Gasteiger partial charge on any atom is -0.366 e. The van der Waals surface area contributed by atoms with Crippen LogP contribution in [0.2, 0.25) is 0 Å². The topological polar surface area (TPSA) is 64.8 Å². The first-order valence-corrected chi connectivity index (χ1v) is 6.15. The summed E-state index contributed by atoms with van der Waals surface area (Å²) in [6.07, 6.45) is 0. The fourth-order valence-electron chi connectivity index (χ4n) is 1.48. The number of nitrogens with one attached hydrogen (secondary N) is 1. The average Bonchev–Trinajstić information content (AvgIpc) is 2.33. The van der Waals surface area contributed by atoms with Gasteiger partial charge in [-0.1, -0.05) is 0 Å². The number of hydrogen-bond donors (Lipinski definition) is 1. The monoisotopic (exact) mass is 247 g/mol. The fourth-order valence-corrected chi connectivity index (χ4v) is 1.48. The van der Waals surface area contributed by atoms with Gasteiger partial charge < -0.3 is 10.2 Å². The first-order chi connectivity index (χ1) is 8.47. The minimum absolute atomic E-state index is 0.507. The molecule has 0 fully saturated rings. The van der Waals surface area contributed by atoms with E-state index < -0.39 is 0 Å². The lowest BCUT2D eigenvalue weighted by Crippen LogP contribution is -2.31. The summed E-state index contributed by atoms with van der Waals surface area (Å²) in [5.74, 6) is 0.581. The summed E-state index contributed by atoms with van der Waals surface area (Å²) in [5.41, 5.74) is 2.29. The van der Waals surface area contributed by atoms with Crippen LogP contribution < -0.4 is 5.32 Å². The Balaban J connectivity index is 2.69. The Kier molecular flexibility index (Phi) is 5.05. The number of aryl methyl sites for hydroxylation is 1. The highest BCUT2D eigenvalue weighted by atomic mass is 15.2. The summed E-state index contributed by atoms with van der Waals surface area (Å²) >= 11 is 0. The van der Waals surface area contributed by atoms with Gasteiger partial charge in [-0.3, -0.25) is 0 Å². The molecule has 98 valence electrons. The third-order valence-corrected chi connectivity index (χ3v) is 3.20. The quantitative estimate of drug-likeness (QED) is 0.858. The van der Waals surface area contributed by atoms with Crippen molar-refractivity contribution in [2.24, 2.45) is 0 Å². The van der Waals surface area contributed by atoms with Crippen molar-refractivity contribution in [2.75, 3.05) is 25.5 Å². The molecule has 0 atom stereocenters. The summed E-state index contributed by atoms with van der Waals surface area (Å²) in [6, 6.07) is 2.69. The fraction of sp³-hybridized carbons (Fsp3) is 0.615. The van der Waals surface area contributed by atoms with Crippen LogP contribution in [0.4, 0.5) is 5.82 Å².